The van der Waals surface area contributed by atoms with Crippen LogP contribution in [0.5, 0.6) is 0 Å². The third-order valence-corrected chi connectivity index (χ3v) is 3.32. The number of hydrogen-bond acceptors (Lipinski definition) is 4. The number of nitrogens with zero attached hydrogens (tertiary/aromatic N) is 2. The number of carbonyl (C=O) groups excluding carboxylic acids is 1. The van der Waals surface area contributed by atoms with Gasteiger partial charge in [-0.3, -0.25) is 14.9 Å². The molecule has 1 aromatic heterocycles. The number of rotatable bonds is 3. The molecule has 0 spiro atoms. The molecule has 2 aromatic rings. The molecular weight excluding hydrogens is 326 g/mol. The van der Waals surface area contributed by atoms with Crippen molar-refractivity contribution in [1.29, 1.82) is 0 Å². The number of pyridine rings is 1. The highest BCUT2D eigenvalue weighted by Crippen LogP contribution is 2.21. The lowest BCUT2D eigenvalue weighted by Crippen LogP contribution is -2.14. The average Bonchev–Trinajstić information content (AvgIpc) is 2.41. The lowest BCUT2D eigenvalue weighted by Gasteiger charge is -2.08. The summed E-state index contributed by atoms with van der Waals surface area (Å²) in [7, 11) is 0. The van der Waals surface area contributed by atoms with Gasteiger partial charge in [-0.2, -0.15) is 0 Å². The normalized spacial score (nSPS) is 10.1. The molecule has 0 fully saturated rings. The van der Waals surface area contributed by atoms with E-state index < -0.39 is 4.92 Å². The molecule has 0 bridgehead atoms. The zero-order valence-corrected chi connectivity index (χ0v) is 12.0. The number of halogens is 1. The second-order valence-corrected chi connectivity index (χ2v) is 4.90. The number of benzene rings is 1. The fourth-order valence-corrected chi connectivity index (χ4v) is 2.08. The fraction of sp³-hybridized carbons (Fsp3) is 0.0769. The van der Waals surface area contributed by atoms with E-state index in [1.807, 2.05) is 0 Å². The van der Waals surface area contributed by atoms with E-state index in [4.69, 9.17) is 0 Å². The van der Waals surface area contributed by atoms with E-state index >= 15 is 0 Å². The number of hydrogen-bond donors (Lipinski definition) is 1. The summed E-state index contributed by atoms with van der Waals surface area (Å²) in [5.74, 6) is -0.0294. The van der Waals surface area contributed by atoms with Crippen molar-refractivity contribution >= 4 is 33.3 Å². The van der Waals surface area contributed by atoms with Gasteiger partial charge in [-0.1, -0.05) is 12.1 Å². The number of aromatic nitrogens is 1. The molecule has 0 saturated carbocycles. The molecule has 102 valence electrons. The van der Waals surface area contributed by atoms with Crippen LogP contribution in [0.2, 0.25) is 0 Å². The van der Waals surface area contributed by atoms with Crippen LogP contribution in [0.25, 0.3) is 0 Å². The van der Waals surface area contributed by atoms with Gasteiger partial charge in [0, 0.05) is 10.5 Å². The van der Waals surface area contributed by atoms with Crippen molar-refractivity contribution in [3.8, 4) is 0 Å². The molecule has 2 rings (SSSR count). The Labute approximate surface area is 123 Å². The minimum Gasteiger partial charge on any atom is -0.306 e. The SMILES string of the molecule is Cc1cc([N+](=O)[O-])cnc1NC(=O)c1ccccc1Br. The van der Waals surface area contributed by atoms with Crippen LogP contribution in [0.3, 0.4) is 0 Å². The predicted octanol–water partition coefficient (Wildman–Crippen LogP) is 3.31. The van der Waals surface area contributed by atoms with Crippen molar-refractivity contribution in [2.75, 3.05) is 5.32 Å². The Balaban J connectivity index is 2.25. The summed E-state index contributed by atoms with van der Waals surface area (Å²) < 4.78 is 0.664. The summed E-state index contributed by atoms with van der Waals surface area (Å²) in [4.78, 5) is 26.1. The molecule has 6 nitrogen and oxygen atoms in total. The number of carbonyl (C=O) groups is 1. The van der Waals surface area contributed by atoms with Crippen molar-refractivity contribution in [1.82, 2.24) is 4.98 Å². The number of nitrogens with one attached hydrogen (secondary N) is 1. The third-order valence-electron chi connectivity index (χ3n) is 2.63. The van der Waals surface area contributed by atoms with Gasteiger partial charge in [0.15, 0.2) is 0 Å². The molecule has 0 saturated heterocycles. The molecule has 7 heteroatoms. The summed E-state index contributed by atoms with van der Waals surface area (Å²) in [6.07, 6.45) is 1.11. The van der Waals surface area contributed by atoms with Crippen LogP contribution in [0.4, 0.5) is 11.5 Å². The van der Waals surface area contributed by atoms with E-state index in [-0.39, 0.29) is 11.6 Å². The van der Waals surface area contributed by atoms with Crippen LogP contribution >= 0.6 is 15.9 Å². The van der Waals surface area contributed by atoms with Gasteiger partial charge in [0.1, 0.15) is 12.0 Å². The van der Waals surface area contributed by atoms with Crippen LogP contribution in [0.1, 0.15) is 15.9 Å². The van der Waals surface area contributed by atoms with Crippen molar-refractivity contribution < 1.29 is 9.72 Å². The lowest BCUT2D eigenvalue weighted by molar-refractivity contribution is -0.385. The third kappa shape index (κ3) is 3.00. The largest absolute Gasteiger partial charge is 0.306 e. The Morgan fingerprint density at radius 1 is 1.40 bits per heavy atom. The van der Waals surface area contributed by atoms with E-state index in [9.17, 15) is 14.9 Å². The predicted molar refractivity (Wildman–Crippen MR) is 77.7 cm³/mol. The Morgan fingerprint density at radius 3 is 2.70 bits per heavy atom. The number of aryl methyl sites for hydroxylation is 1. The second kappa shape index (κ2) is 5.79. The van der Waals surface area contributed by atoms with Gasteiger partial charge < -0.3 is 5.32 Å². The van der Waals surface area contributed by atoms with Gasteiger partial charge in [0.2, 0.25) is 0 Å². The summed E-state index contributed by atoms with van der Waals surface area (Å²) in [5, 5.41) is 13.3. The maximum absolute atomic E-state index is 12.1. The maximum atomic E-state index is 12.1. The first-order valence-corrected chi connectivity index (χ1v) is 6.45. The minimum absolute atomic E-state index is 0.110. The molecule has 1 N–H and O–H groups in total. The Bertz CT molecular complexity index is 688. The highest BCUT2D eigenvalue weighted by molar-refractivity contribution is 9.10. The Kier molecular flexibility index (Phi) is 4.09. The molecule has 1 amide bonds. The van der Waals surface area contributed by atoms with E-state index in [1.54, 1.807) is 31.2 Å². The van der Waals surface area contributed by atoms with Crippen molar-refractivity contribution in [3.05, 3.63) is 62.2 Å². The monoisotopic (exact) mass is 335 g/mol. The zero-order valence-electron chi connectivity index (χ0n) is 10.5. The van der Waals surface area contributed by atoms with Gasteiger partial charge >= 0.3 is 0 Å². The smallest absolute Gasteiger partial charge is 0.287 e. The topological polar surface area (TPSA) is 85.1 Å². The highest BCUT2D eigenvalue weighted by atomic mass is 79.9. The van der Waals surface area contributed by atoms with Crippen LogP contribution in [-0.2, 0) is 0 Å². The summed E-state index contributed by atoms with van der Waals surface area (Å²) >= 11 is 3.29. The zero-order chi connectivity index (χ0) is 14.7. The molecule has 1 heterocycles. The summed E-state index contributed by atoms with van der Waals surface area (Å²) in [5.41, 5.74) is 0.882. The first kappa shape index (κ1) is 14.1. The van der Waals surface area contributed by atoms with Crippen LogP contribution < -0.4 is 5.32 Å². The summed E-state index contributed by atoms with van der Waals surface area (Å²) in [6, 6.07) is 8.33. The average molecular weight is 336 g/mol. The van der Waals surface area contributed by atoms with Gasteiger partial charge in [-0.15, -0.1) is 0 Å². The van der Waals surface area contributed by atoms with Crippen molar-refractivity contribution in [3.63, 3.8) is 0 Å². The maximum Gasteiger partial charge on any atom is 0.287 e. The van der Waals surface area contributed by atoms with E-state index in [2.05, 4.69) is 26.2 Å². The van der Waals surface area contributed by atoms with Crippen molar-refractivity contribution in [2.45, 2.75) is 6.92 Å². The molecular formula is C13H10BrN3O3. The van der Waals surface area contributed by atoms with Crippen LogP contribution in [0, 0.1) is 17.0 Å². The molecule has 0 aliphatic rings. The number of anilines is 1. The molecule has 0 atom stereocenters. The first-order chi connectivity index (χ1) is 9.49. The number of amides is 1. The molecule has 20 heavy (non-hydrogen) atoms. The van der Waals surface area contributed by atoms with Crippen molar-refractivity contribution in [2.24, 2.45) is 0 Å². The second-order valence-electron chi connectivity index (χ2n) is 4.05. The van der Waals surface area contributed by atoms with Gasteiger partial charge in [-0.05, 0) is 40.5 Å². The lowest BCUT2D eigenvalue weighted by atomic mass is 10.2. The molecule has 0 radical (unpaired) electrons. The van der Waals surface area contributed by atoms with E-state index in [1.165, 1.54) is 6.07 Å². The van der Waals surface area contributed by atoms with Crippen LogP contribution in [-0.4, -0.2) is 15.8 Å². The van der Waals surface area contributed by atoms with Gasteiger partial charge in [0.05, 0.1) is 10.5 Å². The minimum atomic E-state index is -0.528. The highest BCUT2D eigenvalue weighted by Gasteiger charge is 2.14. The Morgan fingerprint density at radius 2 is 2.10 bits per heavy atom. The Hall–Kier alpha value is -2.28. The number of nitro groups is 1. The van der Waals surface area contributed by atoms with Gasteiger partial charge in [-0.25, -0.2) is 4.98 Å². The molecule has 0 unspecified atom stereocenters. The molecule has 0 aliphatic carbocycles. The van der Waals surface area contributed by atoms with E-state index in [0.29, 0.717) is 21.4 Å². The molecule has 0 aliphatic heterocycles. The molecule has 1 aromatic carbocycles. The van der Waals surface area contributed by atoms with Crippen LogP contribution in [0.15, 0.2) is 41.0 Å². The van der Waals surface area contributed by atoms with Gasteiger partial charge in [0.25, 0.3) is 11.6 Å². The summed E-state index contributed by atoms with van der Waals surface area (Å²) in [6.45, 7) is 1.65. The quantitative estimate of drug-likeness (QED) is 0.688. The van der Waals surface area contributed by atoms with E-state index in [0.717, 1.165) is 6.20 Å². The fourth-order valence-electron chi connectivity index (χ4n) is 1.61. The first-order valence-electron chi connectivity index (χ1n) is 5.66. The standard InChI is InChI=1S/C13H10BrN3O3/c1-8-6-9(17(19)20)7-15-12(8)16-13(18)10-4-2-3-5-11(10)14/h2-7H,1H3,(H,15,16,18).